The first-order valence-corrected chi connectivity index (χ1v) is 13.2. The molecule has 6 nitrogen and oxygen atoms in total. The van der Waals surface area contributed by atoms with Gasteiger partial charge in [0.1, 0.15) is 0 Å². The quantitative estimate of drug-likeness (QED) is 0.630. The largest absolute Gasteiger partial charge is 0.421 e. The summed E-state index contributed by atoms with van der Waals surface area (Å²) < 4.78 is 73.3. The molecule has 192 valence electrons. The molecule has 0 bridgehead atoms. The van der Waals surface area contributed by atoms with Gasteiger partial charge < -0.3 is 14.7 Å². The van der Waals surface area contributed by atoms with Crippen molar-refractivity contribution in [3.63, 3.8) is 0 Å². The third-order valence-electron chi connectivity index (χ3n) is 7.09. The third kappa shape index (κ3) is 5.50. The second-order valence-electron chi connectivity index (χ2n) is 9.43. The zero-order valence-electron chi connectivity index (χ0n) is 19.6. The van der Waals surface area contributed by atoms with E-state index in [0.29, 0.717) is 31.4 Å². The molecule has 2 aliphatic rings. The van der Waals surface area contributed by atoms with Crippen molar-refractivity contribution in [1.82, 2.24) is 4.31 Å². The highest BCUT2D eigenvalue weighted by molar-refractivity contribution is 7.89. The minimum Gasteiger partial charge on any atom is -0.381 e. The number of halogens is 3. The molecule has 2 atom stereocenters. The lowest BCUT2D eigenvalue weighted by Crippen LogP contribution is -2.55. The molecule has 2 aromatic carbocycles. The van der Waals surface area contributed by atoms with E-state index in [1.807, 2.05) is 0 Å². The van der Waals surface area contributed by atoms with Gasteiger partial charge in [-0.2, -0.15) is 17.5 Å². The Morgan fingerprint density at radius 3 is 2.23 bits per heavy atom. The van der Waals surface area contributed by atoms with Gasteiger partial charge in [0, 0.05) is 44.6 Å². The number of alkyl halides is 3. The van der Waals surface area contributed by atoms with Gasteiger partial charge in [0.05, 0.1) is 4.90 Å². The van der Waals surface area contributed by atoms with E-state index in [2.05, 4.69) is 4.90 Å². The van der Waals surface area contributed by atoms with Crippen molar-refractivity contribution in [2.75, 3.05) is 37.7 Å². The zero-order chi connectivity index (χ0) is 25.3. The third-order valence-corrected chi connectivity index (χ3v) is 8.97. The van der Waals surface area contributed by atoms with Crippen LogP contribution in [0.15, 0.2) is 59.5 Å². The molecular weight excluding hydrogens is 481 g/mol. The molecule has 0 amide bonds. The summed E-state index contributed by atoms with van der Waals surface area (Å²) in [6, 6.07) is 13.9. The number of hydrogen-bond donors (Lipinski definition) is 1. The van der Waals surface area contributed by atoms with Gasteiger partial charge in [-0.25, -0.2) is 8.42 Å². The van der Waals surface area contributed by atoms with Crippen LogP contribution in [0.3, 0.4) is 0 Å². The Hall–Kier alpha value is -2.14. The molecule has 1 unspecified atom stereocenters. The molecule has 10 heteroatoms. The van der Waals surface area contributed by atoms with Crippen molar-refractivity contribution in [2.45, 2.75) is 48.9 Å². The Morgan fingerprint density at radius 1 is 1.00 bits per heavy atom. The number of rotatable bonds is 6. The predicted molar refractivity (Wildman–Crippen MR) is 127 cm³/mol. The van der Waals surface area contributed by atoms with Crippen molar-refractivity contribution < 1.29 is 31.4 Å². The maximum absolute atomic E-state index is 13.3. The van der Waals surface area contributed by atoms with E-state index in [-0.39, 0.29) is 29.6 Å². The van der Waals surface area contributed by atoms with Crippen LogP contribution in [-0.2, 0) is 20.4 Å². The lowest BCUT2D eigenvalue weighted by atomic mass is 9.90. The molecule has 2 fully saturated rings. The van der Waals surface area contributed by atoms with Crippen LogP contribution in [-0.4, -0.2) is 62.9 Å². The second kappa shape index (κ2) is 10.1. The lowest BCUT2D eigenvalue weighted by Gasteiger charge is -2.44. The molecule has 1 N–H and O–H groups in total. The first kappa shape index (κ1) is 25.9. The number of nitrogens with zero attached hydrogens (tertiary/aromatic N) is 2. The minimum atomic E-state index is -4.79. The van der Waals surface area contributed by atoms with Crippen molar-refractivity contribution in [2.24, 2.45) is 5.92 Å². The Labute approximate surface area is 204 Å². The highest BCUT2D eigenvalue weighted by Gasteiger charge is 2.51. The smallest absolute Gasteiger partial charge is 0.381 e. The summed E-state index contributed by atoms with van der Waals surface area (Å²) in [5, 5.41) is 10.0. The molecule has 2 aromatic rings. The summed E-state index contributed by atoms with van der Waals surface area (Å²) in [6.45, 7) is 3.05. The summed E-state index contributed by atoms with van der Waals surface area (Å²) >= 11 is 0. The Bertz CT molecular complexity index is 1090. The first-order valence-electron chi connectivity index (χ1n) is 11.8. The van der Waals surface area contributed by atoms with Crippen LogP contribution >= 0.6 is 0 Å². The molecule has 35 heavy (non-hydrogen) atoms. The van der Waals surface area contributed by atoms with Gasteiger partial charge in [0.15, 0.2) is 5.60 Å². The average Bonchev–Trinajstić information content (AvgIpc) is 2.84. The number of aliphatic hydroxyl groups is 1. The van der Waals surface area contributed by atoms with E-state index in [9.17, 15) is 26.7 Å². The van der Waals surface area contributed by atoms with E-state index in [0.717, 1.165) is 26.2 Å². The number of piperazine rings is 1. The maximum atomic E-state index is 13.3. The fraction of sp³-hybridized carbons (Fsp3) is 0.520. The van der Waals surface area contributed by atoms with Gasteiger partial charge in [-0.3, -0.25) is 0 Å². The van der Waals surface area contributed by atoms with Crippen LogP contribution in [0.4, 0.5) is 18.9 Å². The number of hydrogen-bond acceptors (Lipinski definition) is 5. The van der Waals surface area contributed by atoms with Crippen LogP contribution in [0.25, 0.3) is 0 Å². The van der Waals surface area contributed by atoms with E-state index < -0.39 is 21.8 Å². The van der Waals surface area contributed by atoms with Crippen molar-refractivity contribution in [3.8, 4) is 0 Å². The van der Waals surface area contributed by atoms with Crippen LogP contribution in [0, 0.1) is 5.92 Å². The lowest BCUT2D eigenvalue weighted by molar-refractivity contribution is -0.258. The zero-order valence-corrected chi connectivity index (χ0v) is 20.4. The Kier molecular flexibility index (Phi) is 7.47. The van der Waals surface area contributed by atoms with Gasteiger partial charge in [-0.15, -0.1) is 0 Å². The summed E-state index contributed by atoms with van der Waals surface area (Å²) in [5.41, 5.74) is -2.48. The van der Waals surface area contributed by atoms with Gasteiger partial charge in [-0.05, 0) is 61.9 Å². The van der Waals surface area contributed by atoms with E-state index >= 15 is 0 Å². The van der Waals surface area contributed by atoms with Gasteiger partial charge in [-0.1, -0.05) is 30.3 Å². The second-order valence-corrected chi connectivity index (χ2v) is 11.4. The molecule has 4 rings (SSSR count). The van der Waals surface area contributed by atoms with E-state index in [1.165, 1.54) is 16.4 Å². The van der Waals surface area contributed by atoms with Crippen molar-refractivity contribution in [3.05, 3.63) is 60.2 Å². The highest BCUT2D eigenvalue weighted by Crippen LogP contribution is 2.39. The number of sulfonamides is 1. The SMILES string of the molecule is CC(O)(c1ccc(N2CCN(S(=O)(=O)c3ccccc3)C[C@@H]2CC2CCOCC2)cc1)C(F)(F)F. The normalized spacial score (nSPS) is 22.7. The highest BCUT2D eigenvalue weighted by atomic mass is 32.2. The predicted octanol–water partition coefficient (Wildman–Crippen LogP) is 4.15. The Balaban J connectivity index is 1.59. The van der Waals surface area contributed by atoms with E-state index in [1.54, 1.807) is 42.5 Å². The summed E-state index contributed by atoms with van der Waals surface area (Å²) in [7, 11) is -3.66. The standard InChI is InChI=1S/C25H31F3N2O4S/c1-24(31,25(26,27)28)20-7-9-21(10-8-20)30-14-13-29(35(32,33)23-5-3-2-4-6-23)18-22(30)17-19-11-15-34-16-12-19/h2-10,19,22,31H,11-18H2,1H3/t22-,24?/m0/s1. The van der Waals surface area contributed by atoms with Crippen LogP contribution in [0.5, 0.6) is 0 Å². The molecule has 0 spiro atoms. The fourth-order valence-corrected chi connectivity index (χ4v) is 6.33. The first-order chi connectivity index (χ1) is 16.5. The monoisotopic (exact) mass is 512 g/mol. The minimum absolute atomic E-state index is 0.140. The molecule has 0 radical (unpaired) electrons. The summed E-state index contributed by atoms with van der Waals surface area (Å²) in [5.74, 6) is 0.376. The molecule has 2 aliphatic heterocycles. The average molecular weight is 513 g/mol. The maximum Gasteiger partial charge on any atom is 0.421 e. The van der Waals surface area contributed by atoms with Crippen molar-refractivity contribution >= 4 is 15.7 Å². The Morgan fingerprint density at radius 2 is 1.63 bits per heavy atom. The van der Waals surface area contributed by atoms with Gasteiger partial charge in [0.25, 0.3) is 0 Å². The summed E-state index contributed by atoms with van der Waals surface area (Å²) in [6.07, 6.45) is -2.25. The molecule has 0 aromatic heterocycles. The molecule has 2 heterocycles. The van der Waals surface area contributed by atoms with Crippen molar-refractivity contribution in [1.29, 1.82) is 0 Å². The molecule has 0 aliphatic carbocycles. The van der Waals surface area contributed by atoms with E-state index in [4.69, 9.17) is 4.74 Å². The molecule has 0 saturated carbocycles. The van der Waals surface area contributed by atoms with Crippen LogP contribution in [0.2, 0.25) is 0 Å². The van der Waals surface area contributed by atoms with Crippen LogP contribution in [0.1, 0.15) is 31.7 Å². The molecular formula is C25H31F3N2O4S. The number of ether oxygens (including phenoxy) is 1. The number of benzene rings is 2. The number of anilines is 1. The summed E-state index contributed by atoms with van der Waals surface area (Å²) in [4.78, 5) is 2.33. The topological polar surface area (TPSA) is 70.1 Å². The molecule has 2 saturated heterocycles. The van der Waals surface area contributed by atoms with Gasteiger partial charge >= 0.3 is 6.18 Å². The van der Waals surface area contributed by atoms with Crippen LogP contribution < -0.4 is 4.90 Å². The fourth-order valence-electron chi connectivity index (χ4n) is 4.84. The van der Waals surface area contributed by atoms with Gasteiger partial charge in [0.2, 0.25) is 10.0 Å².